The van der Waals surface area contributed by atoms with Crippen LogP contribution in [0.5, 0.6) is 0 Å². The van der Waals surface area contributed by atoms with E-state index in [4.69, 9.17) is 4.84 Å². The van der Waals surface area contributed by atoms with Gasteiger partial charge in [-0.15, -0.1) is 0 Å². The molecule has 1 amide bonds. The van der Waals surface area contributed by atoms with E-state index in [0.717, 1.165) is 38.5 Å². The van der Waals surface area contributed by atoms with Crippen molar-refractivity contribution in [2.45, 2.75) is 83.8 Å². The van der Waals surface area contributed by atoms with Crippen molar-refractivity contribution in [1.82, 2.24) is 4.90 Å². The number of aliphatic hydroxyl groups is 1. The number of carbonyl (C=O) groups excluding carboxylic acids is 1. The van der Waals surface area contributed by atoms with Gasteiger partial charge in [0.2, 0.25) is 0 Å². The molecule has 0 aromatic heterocycles. The molecule has 5 aliphatic rings. The molecule has 0 bridgehead atoms. The topological polar surface area (TPSA) is 99.4 Å². The Balaban J connectivity index is 1.25. The number of hydrogen-bond donors (Lipinski definition) is 2. The highest BCUT2D eigenvalue weighted by Crippen LogP contribution is 2.66. The van der Waals surface area contributed by atoms with Crippen molar-refractivity contribution in [1.29, 1.82) is 0 Å². The summed E-state index contributed by atoms with van der Waals surface area (Å²) < 4.78 is 0. The molecule has 4 aliphatic carbocycles. The van der Waals surface area contributed by atoms with E-state index in [1.807, 2.05) is 13.0 Å². The van der Waals surface area contributed by atoms with Gasteiger partial charge < -0.3 is 20.0 Å². The average molecular weight is 471 g/mol. The van der Waals surface area contributed by atoms with E-state index >= 15 is 0 Å². The highest BCUT2D eigenvalue weighted by Gasteiger charge is 2.62. The second-order valence-electron chi connectivity index (χ2n) is 11.8. The van der Waals surface area contributed by atoms with E-state index in [0.29, 0.717) is 42.9 Å². The van der Waals surface area contributed by atoms with Crippen LogP contribution in [0, 0.1) is 28.6 Å². The Morgan fingerprint density at radius 1 is 1.15 bits per heavy atom. The number of carboxylic acids is 1. The number of likely N-dealkylation sites (tertiary alicyclic amines) is 1. The molecule has 0 unspecified atom stereocenters. The van der Waals surface area contributed by atoms with E-state index in [9.17, 15) is 19.8 Å². The number of nitrogens with zero attached hydrogens (tertiary/aromatic N) is 2. The SMILES string of the molecule is C[C@]12C=C/C(=N\OCC(=O)N3CCC[C@H]3C(=O)O)C=C1CC[C@@H]1[C@@H]2CC[C@@]2(C)[C@H]1CC[C@]2(C)O. The summed E-state index contributed by atoms with van der Waals surface area (Å²) in [4.78, 5) is 30.5. The number of allylic oxidation sites excluding steroid dienone is 4. The first-order valence-electron chi connectivity index (χ1n) is 12.9. The highest BCUT2D eigenvalue weighted by atomic mass is 16.6. The monoisotopic (exact) mass is 470 g/mol. The van der Waals surface area contributed by atoms with Gasteiger partial charge in [0, 0.05) is 12.0 Å². The van der Waals surface area contributed by atoms with Crippen LogP contribution in [0.3, 0.4) is 0 Å². The normalized spacial score (nSPS) is 44.3. The van der Waals surface area contributed by atoms with E-state index in [2.05, 4.69) is 31.2 Å². The zero-order valence-corrected chi connectivity index (χ0v) is 20.6. The summed E-state index contributed by atoms with van der Waals surface area (Å²) >= 11 is 0. The maximum absolute atomic E-state index is 12.4. The summed E-state index contributed by atoms with van der Waals surface area (Å²) in [6.07, 6.45) is 14.0. The van der Waals surface area contributed by atoms with Gasteiger partial charge in [-0.05, 0) is 93.6 Å². The first kappa shape index (κ1) is 23.6. The van der Waals surface area contributed by atoms with Crippen molar-refractivity contribution < 1.29 is 24.6 Å². The average Bonchev–Trinajstić information content (AvgIpc) is 3.37. The largest absolute Gasteiger partial charge is 0.480 e. The van der Waals surface area contributed by atoms with Gasteiger partial charge in [0.15, 0.2) is 6.61 Å². The Morgan fingerprint density at radius 3 is 2.68 bits per heavy atom. The van der Waals surface area contributed by atoms with Crippen LogP contribution < -0.4 is 0 Å². The fourth-order valence-electron chi connectivity index (χ4n) is 8.07. The van der Waals surface area contributed by atoms with E-state index in [-0.39, 0.29) is 23.3 Å². The zero-order valence-electron chi connectivity index (χ0n) is 20.6. The summed E-state index contributed by atoms with van der Waals surface area (Å²) in [5.41, 5.74) is 1.54. The molecule has 0 aromatic carbocycles. The summed E-state index contributed by atoms with van der Waals surface area (Å²) in [6, 6.07) is -0.753. The van der Waals surface area contributed by atoms with Crippen molar-refractivity contribution >= 4 is 17.6 Å². The molecule has 3 saturated carbocycles. The van der Waals surface area contributed by atoms with Gasteiger partial charge in [-0.3, -0.25) is 4.79 Å². The van der Waals surface area contributed by atoms with Gasteiger partial charge in [0.05, 0.1) is 5.60 Å². The van der Waals surface area contributed by atoms with Gasteiger partial charge in [-0.25, -0.2) is 4.79 Å². The lowest BCUT2D eigenvalue weighted by molar-refractivity contribution is -0.150. The maximum Gasteiger partial charge on any atom is 0.326 e. The summed E-state index contributed by atoms with van der Waals surface area (Å²) in [7, 11) is 0. The molecule has 7 nitrogen and oxygen atoms in total. The molecule has 1 heterocycles. The number of amides is 1. The summed E-state index contributed by atoms with van der Waals surface area (Å²) in [6.45, 7) is 6.92. The molecule has 0 radical (unpaired) electrons. The standard InChI is InChI=1S/C27H38N2O5/c1-25-11-8-18(28-34-16-23(30)29-14-4-5-22(29)24(31)32)15-17(25)6-7-19-20(25)9-12-26(2)21(19)10-13-27(26,3)33/h8,11,15,19-22,33H,4-7,9-10,12-14,16H2,1-3H3,(H,31,32)/b28-18+/t19-,20+,21+,22+,25+,26+,27+/m1/s1. The maximum atomic E-state index is 12.4. The Hall–Kier alpha value is -2.15. The minimum atomic E-state index is -0.962. The van der Waals surface area contributed by atoms with Crippen molar-refractivity contribution in [2.24, 2.45) is 33.7 Å². The van der Waals surface area contributed by atoms with E-state index in [1.165, 1.54) is 10.5 Å². The minimum Gasteiger partial charge on any atom is -0.480 e. The molecule has 7 heteroatoms. The molecule has 34 heavy (non-hydrogen) atoms. The predicted molar refractivity (Wildman–Crippen MR) is 128 cm³/mol. The van der Waals surface area contributed by atoms with Gasteiger partial charge in [-0.1, -0.05) is 30.7 Å². The number of rotatable bonds is 4. The number of carboxylic acid groups (broad SMARTS) is 1. The fraction of sp³-hybridized carbons (Fsp3) is 0.741. The van der Waals surface area contributed by atoms with Crippen molar-refractivity contribution in [2.75, 3.05) is 13.2 Å². The lowest BCUT2D eigenvalue weighted by atomic mass is 9.47. The molecular weight excluding hydrogens is 432 g/mol. The van der Waals surface area contributed by atoms with Gasteiger partial charge in [0.1, 0.15) is 11.8 Å². The lowest BCUT2D eigenvalue weighted by Gasteiger charge is -2.58. The Labute approximate surface area is 201 Å². The fourth-order valence-corrected chi connectivity index (χ4v) is 8.07. The Morgan fingerprint density at radius 2 is 1.91 bits per heavy atom. The van der Waals surface area contributed by atoms with Crippen LogP contribution in [0.25, 0.3) is 0 Å². The molecule has 0 aromatic rings. The first-order chi connectivity index (χ1) is 16.1. The third kappa shape index (κ3) is 3.53. The first-order valence-corrected chi connectivity index (χ1v) is 12.9. The quantitative estimate of drug-likeness (QED) is 0.607. The van der Waals surface area contributed by atoms with Crippen LogP contribution in [0.1, 0.15) is 72.1 Å². The van der Waals surface area contributed by atoms with Crippen molar-refractivity contribution in [3.05, 3.63) is 23.8 Å². The van der Waals surface area contributed by atoms with Gasteiger partial charge in [-0.2, -0.15) is 0 Å². The van der Waals surface area contributed by atoms with Crippen LogP contribution in [-0.4, -0.2) is 57.5 Å². The second-order valence-corrected chi connectivity index (χ2v) is 11.8. The number of hydrogen-bond acceptors (Lipinski definition) is 5. The third-order valence-corrected chi connectivity index (χ3v) is 10.3. The summed E-state index contributed by atoms with van der Waals surface area (Å²) in [5.74, 6) is 0.496. The van der Waals surface area contributed by atoms with Crippen LogP contribution in [0.4, 0.5) is 0 Å². The van der Waals surface area contributed by atoms with Gasteiger partial charge in [0.25, 0.3) is 5.91 Å². The van der Waals surface area contributed by atoms with Crippen molar-refractivity contribution in [3.63, 3.8) is 0 Å². The molecule has 7 atom stereocenters. The van der Waals surface area contributed by atoms with Crippen LogP contribution in [-0.2, 0) is 14.4 Å². The highest BCUT2D eigenvalue weighted by molar-refractivity contribution is 6.05. The minimum absolute atomic E-state index is 0.00219. The molecule has 0 spiro atoms. The molecule has 4 fully saturated rings. The zero-order chi connectivity index (χ0) is 24.3. The number of oxime groups is 1. The third-order valence-electron chi connectivity index (χ3n) is 10.3. The number of aliphatic carboxylic acids is 1. The second kappa shape index (κ2) is 8.21. The molecular formula is C27H38N2O5. The molecule has 1 saturated heterocycles. The molecule has 5 rings (SSSR count). The molecule has 186 valence electrons. The van der Waals surface area contributed by atoms with Gasteiger partial charge >= 0.3 is 5.97 Å². The molecule has 1 aliphatic heterocycles. The van der Waals surface area contributed by atoms with E-state index in [1.54, 1.807) is 0 Å². The number of carbonyl (C=O) groups is 2. The smallest absolute Gasteiger partial charge is 0.326 e. The Kier molecular flexibility index (Phi) is 5.70. The number of fused-ring (bicyclic) bond motifs is 5. The summed E-state index contributed by atoms with van der Waals surface area (Å²) in [5, 5.41) is 24.6. The lowest BCUT2D eigenvalue weighted by Crippen LogP contribution is -2.53. The van der Waals surface area contributed by atoms with Crippen LogP contribution >= 0.6 is 0 Å². The molecule has 2 N–H and O–H groups in total. The van der Waals surface area contributed by atoms with Crippen LogP contribution in [0.15, 0.2) is 29.0 Å². The van der Waals surface area contributed by atoms with E-state index < -0.39 is 17.6 Å². The Bertz CT molecular complexity index is 968. The van der Waals surface area contributed by atoms with Crippen LogP contribution in [0.2, 0.25) is 0 Å². The van der Waals surface area contributed by atoms with Crippen molar-refractivity contribution in [3.8, 4) is 0 Å². The predicted octanol–water partition coefficient (Wildman–Crippen LogP) is 3.92.